The zero-order chi connectivity index (χ0) is 22.6. The van der Waals surface area contributed by atoms with Gasteiger partial charge in [-0.1, -0.05) is 6.07 Å². The van der Waals surface area contributed by atoms with Crippen LogP contribution in [-0.2, 0) is 16.8 Å². The van der Waals surface area contributed by atoms with Gasteiger partial charge in [0.1, 0.15) is 28.0 Å². The summed E-state index contributed by atoms with van der Waals surface area (Å²) in [5.41, 5.74) is 1.65. The number of ether oxygens (including phenoxy) is 1. The number of oxazole rings is 1. The van der Waals surface area contributed by atoms with Gasteiger partial charge in [0.25, 0.3) is 5.91 Å². The molecular formula is C22H22FN5O3S. The molecule has 1 aliphatic rings. The number of H-pyrrole nitrogens is 1. The number of hydrogen-bond acceptors (Lipinski definition) is 7. The Labute approximate surface area is 187 Å². The number of nitrogens with one attached hydrogen (secondary N) is 1. The lowest BCUT2D eigenvalue weighted by atomic mass is 10.0. The maximum atomic E-state index is 14.3. The number of benzene rings is 1. The van der Waals surface area contributed by atoms with Gasteiger partial charge in [-0.2, -0.15) is 0 Å². The number of aromatic amines is 1. The largest absolute Gasteiger partial charge is 0.432 e. The summed E-state index contributed by atoms with van der Waals surface area (Å²) in [5.74, 6) is -0.219. The zero-order valence-corrected chi connectivity index (χ0v) is 18.9. The summed E-state index contributed by atoms with van der Waals surface area (Å²) >= 11 is 1.35. The SMILES string of the molecule is COC(C)(C)c1nc(C)c(C(=O)N2CCc3[nH]cnc3[C@H]2c2nc3c(F)cccc3s2)o1. The highest BCUT2D eigenvalue weighted by molar-refractivity contribution is 7.18. The second-order valence-electron chi connectivity index (χ2n) is 8.20. The van der Waals surface area contributed by atoms with Crippen molar-refractivity contribution in [2.24, 2.45) is 0 Å². The Balaban J connectivity index is 1.60. The van der Waals surface area contributed by atoms with E-state index in [0.29, 0.717) is 40.8 Å². The quantitative estimate of drug-likeness (QED) is 0.497. The van der Waals surface area contributed by atoms with Crippen LogP contribution < -0.4 is 0 Å². The molecule has 166 valence electrons. The van der Waals surface area contributed by atoms with Gasteiger partial charge in [-0.3, -0.25) is 4.79 Å². The molecule has 4 aromatic rings. The Kier molecular flexibility index (Phi) is 4.86. The number of fused-ring (bicyclic) bond motifs is 2. The first-order valence-corrected chi connectivity index (χ1v) is 11.0. The van der Waals surface area contributed by atoms with E-state index in [2.05, 4.69) is 19.9 Å². The van der Waals surface area contributed by atoms with Crippen LogP contribution in [0.3, 0.4) is 0 Å². The molecule has 8 nitrogen and oxygen atoms in total. The van der Waals surface area contributed by atoms with Gasteiger partial charge in [0, 0.05) is 25.8 Å². The van der Waals surface area contributed by atoms with Crippen LogP contribution in [0.15, 0.2) is 28.9 Å². The number of nitrogens with zero attached hydrogens (tertiary/aromatic N) is 4. The number of carbonyl (C=O) groups is 1. The van der Waals surface area contributed by atoms with Gasteiger partial charge in [-0.05, 0) is 32.9 Å². The van der Waals surface area contributed by atoms with Crippen LogP contribution in [-0.4, -0.2) is 44.4 Å². The highest BCUT2D eigenvalue weighted by Gasteiger charge is 2.39. The van der Waals surface area contributed by atoms with Gasteiger partial charge in [-0.25, -0.2) is 19.3 Å². The maximum Gasteiger partial charge on any atom is 0.292 e. The predicted molar refractivity (Wildman–Crippen MR) is 116 cm³/mol. The second kappa shape index (κ2) is 7.49. The third-order valence-corrected chi connectivity index (χ3v) is 6.90. The number of thiazole rings is 1. The number of carbonyl (C=O) groups excluding carboxylic acids is 1. The molecule has 32 heavy (non-hydrogen) atoms. The molecule has 1 N–H and O–H groups in total. The normalized spacial score (nSPS) is 16.5. The number of amides is 1. The molecule has 1 atom stereocenters. The molecule has 1 amide bonds. The molecule has 1 aromatic carbocycles. The number of methoxy groups -OCH3 is 1. The van der Waals surface area contributed by atoms with Gasteiger partial charge < -0.3 is 19.0 Å². The van der Waals surface area contributed by atoms with E-state index in [0.717, 1.165) is 10.4 Å². The molecule has 4 heterocycles. The molecule has 0 saturated heterocycles. The number of imidazole rings is 1. The Morgan fingerprint density at radius 2 is 2.19 bits per heavy atom. The fourth-order valence-corrected chi connectivity index (χ4v) is 4.96. The molecule has 0 spiro atoms. The smallest absolute Gasteiger partial charge is 0.292 e. The Morgan fingerprint density at radius 3 is 2.94 bits per heavy atom. The minimum atomic E-state index is -0.773. The van der Waals surface area contributed by atoms with Gasteiger partial charge >= 0.3 is 0 Å². The fraction of sp³-hybridized carbons (Fsp3) is 0.364. The van der Waals surface area contributed by atoms with Crippen molar-refractivity contribution in [3.8, 4) is 0 Å². The first kappa shape index (κ1) is 20.8. The van der Waals surface area contributed by atoms with Crippen LogP contribution in [0.1, 0.15) is 58.4 Å². The summed E-state index contributed by atoms with van der Waals surface area (Å²) in [6, 6.07) is 4.30. The number of para-hydroxylation sites is 1. The third-order valence-electron chi connectivity index (χ3n) is 5.82. The number of rotatable bonds is 4. The van der Waals surface area contributed by atoms with Crippen molar-refractivity contribution in [3.63, 3.8) is 0 Å². The van der Waals surface area contributed by atoms with Crippen molar-refractivity contribution in [1.82, 2.24) is 24.8 Å². The van der Waals surface area contributed by atoms with Gasteiger partial charge in [-0.15, -0.1) is 11.3 Å². The predicted octanol–water partition coefficient (Wildman–Crippen LogP) is 4.12. The summed E-state index contributed by atoms with van der Waals surface area (Å²) in [5, 5.41) is 0.598. The highest BCUT2D eigenvalue weighted by atomic mass is 32.1. The topological polar surface area (TPSA) is 97.1 Å². The summed E-state index contributed by atoms with van der Waals surface area (Å²) in [6.07, 6.45) is 2.22. The molecule has 10 heteroatoms. The molecular weight excluding hydrogens is 433 g/mol. The molecule has 0 saturated carbocycles. The molecule has 0 bridgehead atoms. The van der Waals surface area contributed by atoms with Gasteiger partial charge in [0.15, 0.2) is 0 Å². The molecule has 0 unspecified atom stereocenters. The Hall–Kier alpha value is -3.11. The van der Waals surface area contributed by atoms with E-state index in [4.69, 9.17) is 9.15 Å². The zero-order valence-electron chi connectivity index (χ0n) is 18.1. The van der Waals surface area contributed by atoms with Crippen molar-refractivity contribution in [1.29, 1.82) is 0 Å². The maximum absolute atomic E-state index is 14.3. The van der Waals surface area contributed by atoms with E-state index >= 15 is 0 Å². The highest BCUT2D eigenvalue weighted by Crippen LogP contribution is 2.39. The number of hydrogen-bond donors (Lipinski definition) is 1. The molecule has 0 radical (unpaired) electrons. The van der Waals surface area contributed by atoms with E-state index in [1.807, 2.05) is 19.9 Å². The third kappa shape index (κ3) is 3.21. The van der Waals surface area contributed by atoms with E-state index in [-0.39, 0.29) is 11.7 Å². The minimum absolute atomic E-state index is 0.154. The van der Waals surface area contributed by atoms with Crippen molar-refractivity contribution >= 4 is 27.5 Å². The standard InChI is InChI=1S/C22H22FN5O3S/c1-11-18(31-21(26-11)22(2,3)30-4)20(29)28-9-8-13-16(25-10-24-13)17(28)19-27-15-12(23)6-5-7-14(15)32-19/h5-7,10,17H,8-9H2,1-4H3,(H,24,25)/t17-/m0/s1. The van der Waals surface area contributed by atoms with Crippen molar-refractivity contribution < 1.29 is 18.3 Å². The van der Waals surface area contributed by atoms with Crippen LogP contribution in [0, 0.1) is 12.7 Å². The van der Waals surface area contributed by atoms with Crippen LogP contribution >= 0.6 is 11.3 Å². The number of halogens is 1. The minimum Gasteiger partial charge on any atom is -0.432 e. The van der Waals surface area contributed by atoms with E-state index in [9.17, 15) is 9.18 Å². The van der Waals surface area contributed by atoms with Crippen LogP contribution in [0.25, 0.3) is 10.2 Å². The average Bonchev–Trinajstić information content (AvgIpc) is 3.50. The summed E-state index contributed by atoms with van der Waals surface area (Å²) in [7, 11) is 1.56. The van der Waals surface area contributed by atoms with Crippen LogP contribution in [0.2, 0.25) is 0 Å². The summed E-state index contributed by atoms with van der Waals surface area (Å²) in [4.78, 5) is 31.9. The van der Waals surface area contributed by atoms with E-state index in [1.165, 1.54) is 17.4 Å². The lowest BCUT2D eigenvalue weighted by Crippen LogP contribution is -2.40. The molecule has 0 aliphatic carbocycles. The first-order chi connectivity index (χ1) is 15.3. The van der Waals surface area contributed by atoms with Crippen molar-refractivity contribution in [2.45, 2.75) is 38.8 Å². The van der Waals surface area contributed by atoms with Crippen molar-refractivity contribution in [2.75, 3.05) is 13.7 Å². The molecule has 3 aromatic heterocycles. The van der Waals surface area contributed by atoms with Crippen LogP contribution in [0.5, 0.6) is 0 Å². The molecule has 5 rings (SSSR count). The molecule has 0 fully saturated rings. The summed E-state index contributed by atoms with van der Waals surface area (Å²) < 4.78 is 26.4. The van der Waals surface area contributed by atoms with Gasteiger partial charge in [0.2, 0.25) is 11.7 Å². The fourth-order valence-electron chi connectivity index (χ4n) is 3.86. The Morgan fingerprint density at radius 1 is 1.38 bits per heavy atom. The number of aromatic nitrogens is 4. The van der Waals surface area contributed by atoms with E-state index in [1.54, 1.807) is 31.3 Å². The first-order valence-electron chi connectivity index (χ1n) is 10.2. The molecule has 1 aliphatic heterocycles. The van der Waals surface area contributed by atoms with Crippen LogP contribution in [0.4, 0.5) is 4.39 Å². The average molecular weight is 456 g/mol. The van der Waals surface area contributed by atoms with Crippen molar-refractivity contribution in [3.05, 3.63) is 64.1 Å². The summed E-state index contributed by atoms with van der Waals surface area (Å²) in [6.45, 7) is 5.81. The second-order valence-corrected chi connectivity index (χ2v) is 9.27. The lowest BCUT2D eigenvalue weighted by Gasteiger charge is -2.33. The Bertz CT molecular complexity index is 1320. The van der Waals surface area contributed by atoms with E-state index < -0.39 is 17.5 Å². The monoisotopic (exact) mass is 455 g/mol. The van der Waals surface area contributed by atoms with Gasteiger partial charge in [0.05, 0.1) is 22.4 Å². The number of aryl methyl sites for hydroxylation is 1. The lowest BCUT2D eigenvalue weighted by molar-refractivity contribution is -0.00467.